The molecule has 32 heavy (non-hydrogen) atoms. The normalized spacial score (nSPS) is 11.8. The lowest BCUT2D eigenvalue weighted by atomic mass is 10.1. The minimum atomic E-state index is -0.00864. The summed E-state index contributed by atoms with van der Waals surface area (Å²) in [5, 5.41) is 35.5. The van der Waals surface area contributed by atoms with Crippen molar-refractivity contribution >= 4 is 23.5 Å². The zero-order valence-corrected chi connectivity index (χ0v) is 17.6. The van der Waals surface area contributed by atoms with Crippen LogP contribution in [0.1, 0.15) is 29.1 Å². The van der Waals surface area contributed by atoms with E-state index in [-0.39, 0.29) is 11.1 Å². The maximum absolute atomic E-state index is 8.95. The molecule has 0 unspecified atom stereocenters. The van der Waals surface area contributed by atoms with Crippen LogP contribution in [0, 0.1) is 45.3 Å². The highest BCUT2D eigenvalue weighted by Gasteiger charge is 2.26. The third-order valence-corrected chi connectivity index (χ3v) is 6.27. The first kappa shape index (κ1) is 20.7. The summed E-state index contributed by atoms with van der Waals surface area (Å²) in [6.45, 7) is 0. The summed E-state index contributed by atoms with van der Waals surface area (Å²) >= 11 is 1.60. The lowest BCUT2D eigenvalue weighted by Gasteiger charge is -1.96. The smallest absolute Gasteiger partial charge is 0.145 e. The van der Waals surface area contributed by atoms with Crippen LogP contribution in [0.5, 0.6) is 0 Å². The Morgan fingerprint density at radius 3 is 1.94 bits per heavy atom. The standard InChI is InChI=1S/C25H14N4O2S/c26-12-16(13-27)3-1-4-18-7-9-22(30-18)24-20-5-2-6-21(20)25(32-24)23-10-8-19(31-23)11-17(14-28)15-29/h1,3-4,7-11H,2,5-6H2/b4-1+. The Balaban J connectivity index is 1.66. The zero-order chi connectivity index (χ0) is 22.5. The van der Waals surface area contributed by atoms with E-state index in [0.29, 0.717) is 17.3 Å². The van der Waals surface area contributed by atoms with Crippen molar-refractivity contribution < 1.29 is 8.83 Å². The molecule has 3 heterocycles. The third-order valence-electron chi connectivity index (χ3n) is 4.96. The Morgan fingerprint density at radius 1 is 0.781 bits per heavy atom. The van der Waals surface area contributed by atoms with Gasteiger partial charge >= 0.3 is 0 Å². The van der Waals surface area contributed by atoms with Crippen LogP contribution in [-0.2, 0) is 12.8 Å². The van der Waals surface area contributed by atoms with Gasteiger partial charge in [-0.3, -0.25) is 0 Å². The highest BCUT2D eigenvalue weighted by molar-refractivity contribution is 7.19. The van der Waals surface area contributed by atoms with Gasteiger partial charge in [0.05, 0.1) is 9.75 Å². The molecule has 0 spiro atoms. The van der Waals surface area contributed by atoms with Crippen LogP contribution in [0.25, 0.3) is 33.4 Å². The number of hydrogen-bond acceptors (Lipinski definition) is 7. The van der Waals surface area contributed by atoms with Gasteiger partial charge in [0.15, 0.2) is 0 Å². The summed E-state index contributed by atoms with van der Waals surface area (Å²) in [7, 11) is 0. The Labute approximate surface area is 188 Å². The van der Waals surface area contributed by atoms with E-state index in [1.807, 2.05) is 42.5 Å². The van der Waals surface area contributed by atoms with Crippen LogP contribution in [0.2, 0.25) is 0 Å². The van der Waals surface area contributed by atoms with E-state index < -0.39 is 0 Å². The molecule has 0 saturated heterocycles. The van der Waals surface area contributed by atoms with Gasteiger partial charge < -0.3 is 8.83 Å². The number of furan rings is 2. The van der Waals surface area contributed by atoms with Crippen molar-refractivity contribution in [3.05, 3.63) is 70.2 Å². The lowest BCUT2D eigenvalue weighted by molar-refractivity contribution is 0.572. The van der Waals surface area contributed by atoms with Gasteiger partial charge in [0.25, 0.3) is 0 Å². The van der Waals surface area contributed by atoms with E-state index in [9.17, 15) is 0 Å². The Bertz CT molecular complexity index is 1420. The van der Waals surface area contributed by atoms with Crippen molar-refractivity contribution in [3.63, 3.8) is 0 Å². The zero-order valence-electron chi connectivity index (χ0n) is 16.8. The second-order valence-corrected chi connectivity index (χ2v) is 7.94. The minimum absolute atomic E-state index is 0.00864. The van der Waals surface area contributed by atoms with Crippen molar-refractivity contribution in [1.29, 1.82) is 21.0 Å². The third kappa shape index (κ3) is 4.03. The quantitative estimate of drug-likeness (QED) is 0.349. The van der Waals surface area contributed by atoms with Gasteiger partial charge in [-0.25, -0.2) is 0 Å². The molecule has 0 N–H and O–H groups in total. The van der Waals surface area contributed by atoms with E-state index in [1.54, 1.807) is 29.6 Å². The molecule has 0 radical (unpaired) electrons. The first-order valence-electron chi connectivity index (χ1n) is 9.72. The summed E-state index contributed by atoms with van der Waals surface area (Å²) in [5.74, 6) is 2.55. The average molecular weight is 434 g/mol. The molecule has 7 heteroatoms. The van der Waals surface area contributed by atoms with Crippen molar-refractivity contribution in [2.24, 2.45) is 0 Å². The Kier molecular flexibility index (Phi) is 5.87. The van der Waals surface area contributed by atoms with Gasteiger partial charge in [0.1, 0.15) is 58.5 Å². The summed E-state index contributed by atoms with van der Waals surface area (Å²) in [4.78, 5) is 2.09. The van der Waals surface area contributed by atoms with Gasteiger partial charge in [-0.1, -0.05) is 6.08 Å². The molecule has 3 aromatic heterocycles. The largest absolute Gasteiger partial charge is 0.456 e. The molecule has 0 bridgehead atoms. The Morgan fingerprint density at radius 2 is 1.34 bits per heavy atom. The first-order valence-corrected chi connectivity index (χ1v) is 10.5. The van der Waals surface area contributed by atoms with Crippen LogP contribution >= 0.6 is 11.3 Å². The number of rotatable bonds is 5. The molecule has 4 rings (SSSR count). The average Bonchev–Trinajstić information content (AvgIpc) is 3.59. The predicted molar refractivity (Wildman–Crippen MR) is 119 cm³/mol. The monoisotopic (exact) mass is 434 g/mol. The molecular weight excluding hydrogens is 420 g/mol. The summed E-state index contributed by atoms with van der Waals surface area (Å²) < 4.78 is 11.9. The molecule has 0 aromatic carbocycles. The van der Waals surface area contributed by atoms with Crippen molar-refractivity contribution in [1.82, 2.24) is 0 Å². The van der Waals surface area contributed by atoms with Crippen LogP contribution in [-0.4, -0.2) is 0 Å². The summed E-state index contributed by atoms with van der Waals surface area (Å²) in [6, 6.07) is 14.7. The first-order chi connectivity index (χ1) is 15.7. The van der Waals surface area contributed by atoms with Gasteiger partial charge in [-0.2, -0.15) is 21.0 Å². The van der Waals surface area contributed by atoms with E-state index in [0.717, 1.165) is 34.8 Å². The van der Waals surface area contributed by atoms with Gasteiger partial charge in [0, 0.05) is 6.08 Å². The van der Waals surface area contributed by atoms with E-state index >= 15 is 0 Å². The van der Waals surface area contributed by atoms with Crippen LogP contribution in [0.3, 0.4) is 0 Å². The second kappa shape index (κ2) is 9.07. The molecule has 6 nitrogen and oxygen atoms in total. The SMILES string of the molecule is N#CC(C#N)=C/C=C/c1ccc(-c2sc(-c3ccc(C=C(C#N)C#N)o3)c3c2CCC3)o1. The van der Waals surface area contributed by atoms with E-state index in [4.69, 9.17) is 29.9 Å². The van der Waals surface area contributed by atoms with Gasteiger partial charge in [0.2, 0.25) is 0 Å². The van der Waals surface area contributed by atoms with Crippen LogP contribution in [0.4, 0.5) is 0 Å². The van der Waals surface area contributed by atoms with Crippen LogP contribution < -0.4 is 0 Å². The fraction of sp³-hybridized carbons (Fsp3) is 0.120. The van der Waals surface area contributed by atoms with Crippen molar-refractivity contribution in [3.8, 4) is 45.6 Å². The van der Waals surface area contributed by atoms with E-state index in [2.05, 4.69) is 0 Å². The van der Waals surface area contributed by atoms with Gasteiger partial charge in [-0.15, -0.1) is 11.3 Å². The Hall–Kier alpha value is -4.56. The molecular formula is C25H14N4O2S. The molecule has 1 aliphatic carbocycles. The maximum Gasteiger partial charge on any atom is 0.145 e. The number of hydrogen-bond donors (Lipinski definition) is 0. The molecule has 3 aromatic rings. The lowest BCUT2D eigenvalue weighted by Crippen LogP contribution is -1.79. The van der Waals surface area contributed by atoms with Crippen molar-refractivity contribution in [2.45, 2.75) is 19.3 Å². The second-order valence-electron chi connectivity index (χ2n) is 6.92. The van der Waals surface area contributed by atoms with Gasteiger partial charge in [-0.05, 0) is 66.8 Å². The molecule has 0 atom stereocenters. The molecule has 0 fully saturated rings. The maximum atomic E-state index is 8.95. The molecule has 1 aliphatic rings. The fourth-order valence-corrected chi connectivity index (χ4v) is 4.88. The molecule has 0 aliphatic heterocycles. The number of allylic oxidation sites excluding steroid dienone is 4. The summed E-state index contributed by atoms with van der Waals surface area (Å²) in [5.41, 5.74) is 2.53. The van der Waals surface area contributed by atoms with Crippen molar-refractivity contribution in [2.75, 3.05) is 0 Å². The topological polar surface area (TPSA) is 121 Å². The molecule has 152 valence electrons. The number of thiophene rings is 1. The van der Waals surface area contributed by atoms with Crippen LogP contribution in [0.15, 0.2) is 56.4 Å². The highest BCUT2D eigenvalue weighted by atomic mass is 32.1. The number of fused-ring (bicyclic) bond motifs is 1. The predicted octanol–water partition coefficient (Wildman–Crippen LogP) is 6.17. The fourth-order valence-electron chi connectivity index (χ4n) is 3.56. The number of nitrogens with zero attached hydrogens (tertiary/aromatic N) is 4. The minimum Gasteiger partial charge on any atom is -0.456 e. The molecule has 0 amide bonds. The molecule has 0 saturated carbocycles. The number of nitriles is 4. The summed E-state index contributed by atoms with van der Waals surface area (Å²) in [6.07, 6.45) is 9.17. The highest BCUT2D eigenvalue weighted by Crippen LogP contribution is 2.47. The van der Waals surface area contributed by atoms with E-state index in [1.165, 1.54) is 23.3 Å².